The van der Waals surface area contributed by atoms with Gasteiger partial charge in [-0.05, 0) is 54.3 Å². The number of carbonyl (C=O) groups excluding carboxylic acids is 1. The Balaban J connectivity index is 2.32. The molecule has 0 unspecified atom stereocenters. The summed E-state index contributed by atoms with van der Waals surface area (Å²) in [5, 5.41) is 12.4. The van der Waals surface area contributed by atoms with E-state index in [-0.39, 0.29) is 11.3 Å². The van der Waals surface area contributed by atoms with E-state index in [0.717, 1.165) is 17.7 Å². The zero-order chi connectivity index (χ0) is 17.9. The van der Waals surface area contributed by atoms with Gasteiger partial charge in [-0.2, -0.15) is 13.2 Å². The molecule has 0 spiro atoms. The van der Waals surface area contributed by atoms with Gasteiger partial charge in [-0.1, -0.05) is 19.9 Å². The van der Waals surface area contributed by atoms with Crippen molar-refractivity contribution in [2.45, 2.75) is 32.9 Å². The fourth-order valence-corrected chi connectivity index (χ4v) is 2.36. The van der Waals surface area contributed by atoms with E-state index in [4.69, 9.17) is 0 Å². The lowest BCUT2D eigenvalue weighted by atomic mass is 10.0. The number of anilines is 1. The van der Waals surface area contributed by atoms with E-state index in [0.29, 0.717) is 24.1 Å². The zero-order valence-corrected chi connectivity index (χ0v) is 13.4. The summed E-state index contributed by atoms with van der Waals surface area (Å²) in [7, 11) is 0. The number of rotatable bonds is 4. The molecule has 3 nitrogen and oxygen atoms in total. The molecule has 0 atom stereocenters. The molecule has 2 N–H and O–H groups in total. The van der Waals surface area contributed by atoms with Crippen LogP contribution in [0, 0.1) is 0 Å². The quantitative estimate of drug-likeness (QED) is 0.843. The second-order valence-corrected chi connectivity index (χ2v) is 5.38. The number of hydrogen-bond donors (Lipinski definition) is 2. The molecule has 0 aliphatic rings. The first kappa shape index (κ1) is 17.8. The summed E-state index contributed by atoms with van der Waals surface area (Å²) in [5.74, 6) is -0.730. The van der Waals surface area contributed by atoms with E-state index < -0.39 is 17.6 Å². The second-order valence-electron chi connectivity index (χ2n) is 5.38. The fourth-order valence-electron chi connectivity index (χ4n) is 2.36. The molecule has 0 aliphatic heterocycles. The van der Waals surface area contributed by atoms with Crippen LogP contribution in [0.5, 0.6) is 5.75 Å². The summed E-state index contributed by atoms with van der Waals surface area (Å²) < 4.78 is 38.3. The SMILES string of the molecule is CCc1ccc(O)c(C(=O)Nc2ccc(C(F)(F)F)cc2CC)c1. The van der Waals surface area contributed by atoms with Crippen LogP contribution in [0.25, 0.3) is 0 Å². The Kier molecular flexibility index (Phi) is 5.17. The van der Waals surface area contributed by atoms with Crippen molar-refractivity contribution < 1.29 is 23.1 Å². The molecule has 2 rings (SSSR count). The molecule has 0 saturated heterocycles. The fraction of sp³-hybridized carbons (Fsp3) is 0.278. The minimum Gasteiger partial charge on any atom is -0.507 e. The van der Waals surface area contributed by atoms with Crippen LogP contribution < -0.4 is 5.32 Å². The number of halogens is 3. The molecule has 128 valence electrons. The average molecular weight is 337 g/mol. The maximum atomic E-state index is 12.8. The van der Waals surface area contributed by atoms with E-state index >= 15 is 0 Å². The molecule has 24 heavy (non-hydrogen) atoms. The van der Waals surface area contributed by atoms with Gasteiger partial charge in [0.25, 0.3) is 5.91 Å². The van der Waals surface area contributed by atoms with E-state index in [1.807, 2.05) is 6.92 Å². The van der Waals surface area contributed by atoms with E-state index in [1.54, 1.807) is 19.1 Å². The number of aromatic hydroxyl groups is 1. The van der Waals surface area contributed by atoms with Gasteiger partial charge in [-0.15, -0.1) is 0 Å². The van der Waals surface area contributed by atoms with Crippen LogP contribution in [-0.2, 0) is 19.0 Å². The molecule has 1 amide bonds. The first-order valence-corrected chi connectivity index (χ1v) is 7.59. The number of phenols is 1. The van der Waals surface area contributed by atoms with Gasteiger partial charge >= 0.3 is 6.18 Å². The molecule has 2 aromatic rings. The minimum absolute atomic E-state index is 0.0938. The number of alkyl halides is 3. The smallest absolute Gasteiger partial charge is 0.416 e. The van der Waals surface area contributed by atoms with Crippen molar-refractivity contribution in [3.05, 3.63) is 58.7 Å². The Morgan fingerprint density at radius 3 is 2.38 bits per heavy atom. The van der Waals surface area contributed by atoms with E-state index in [2.05, 4.69) is 5.32 Å². The summed E-state index contributed by atoms with van der Waals surface area (Å²) in [6, 6.07) is 7.90. The highest BCUT2D eigenvalue weighted by molar-refractivity contribution is 6.06. The molecule has 0 saturated carbocycles. The van der Waals surface area contributed by atoms with Gasteiger partial charge in [0.2, 0.25) is 0 Å². The number of aryl methyl sites for hydroxylation is 2. The third-order valence-corrected chi connectivity index (χ3v) is 3.78. The lowest BCUT2D eigenvalue weighted by Crippen LogP contribution is -2.15. The number of hydrogen-bond acceptors (Lipinski definition) is 2. The van der Waals surface area contributed by atoms with Gasteiger partial charge in [-0.25, -0.2) is 0 Å². The van der Waals surface area contributed by atoms with E-state index in [1.165, 1.54) is 12.1 Å². The molecule has 0 aliphatic carbocycles. The first-order valence-electron chi connectivity index (χ1n) is 7.59. The lowest BCUT2D eigenvalue weighted by molar-refractivity contribution is -0.137. The number of carbonyl (C=O) groups is 1. The average Bonchev–Trinajstić information content (AvgIpc) is 2.54. The Labute approximate surface area is 138 Å². The molecular formula is C18H18F3NO2. The molecule has 6 heteroatoms. The molecule has 0 fully saturated rings. The second kappa shape index (κ2) is 6.95. The predicted molar refractivity (Wildman–Crippen MR) is 86.3 cm³/mol. The van der Waals surface area contributed by atoms with Crippen LogP contribution in [0.2, 0.25) is 0 Å². The molecule has 0 radical (unpaired) electrons. The zero-order valence-electron chi connectivity index (χ0n) is 13.4. The van der Waals surface area contributed by atoms with E-state index in [9.17, 15) is 23.1 Å². The number of benzene rings is 2. The van der Waals surface area contributed by atoms with Crippen LogP contribution in [0.15, 0.2) is 36.4 Å². The normalized spacial score (nSPS) is 11.4. The van der Waals surface area contributed by atoms with Gasteiger partial charge in [0.1, 0.15) is 5.75 Å². The maximum Gasteiger partial charge on any atom is 0.416 e. The van der Waals surface area contributed by atoms with Gasteiger partial charge in [-0.3, -0.25) is 4.79 Å². The van der Waals surface area contributed by atoms with Crippen LogP contribution in [-0.4, -0.2) is 11.0 Å². The van der Waals surface area contributed by atoms with Crippen LogP contribution in [0.3, 0.4) is 0 Å². The Morgan fingerprint density at radius 2 is 1.79 bits per heavy atom. The Hall–Kier alpha value is -2.50. The monoisotopic (exact) mass is 337 g/mol. The largest absolute Gasteiger partial charge is 0.507 e. The van der Waals surface area contributed by atoms with Crippen molar-refractivity contribution in [2.24, 2.45) is 0 Å². The van der Waals surface area contributed by atoms with Crippen molar-refractivity contribution in [1.82, 2.24) is 0 Å². The highest BCUT2D eigenvalue weighted by Gasteiger charge is 2.31. The van der Waals surface area contributed by atoms with Gasteiger partial charge in [0.15, 0.2) is 0 Å². The van der Waals surface area contributed by atoms with Crippen molar-refractivity contribution in [2.75, 3.05) is 5.32 Å². The molecule has 2 aromatic carbocycles. The van der Waals surface area contributed by atoms with Crippen LogP contribution >= 0.6 is 0 Å². The van der Waals surface area contributed by atoms with Crippen molar-refractivity contribution in [3.63, 3.8) is 0 Å². The predicted octanol–water partition coefficient (Wildman–Crippen LogP) is 4.79. The van der Waals surface area contributed by atoms with Crippen molar-refractivity contribution in [3.8, 4) is 5.75 Å². The molecular weight excluding hydrogens is 319 g/mol. The molecule has 0 bridgehead atoms. The third kappa shape index (κ3) is 3.88. The van der Waals surface area contributed by atoms with Gasteiger partial charge < -0.3 is 10.4 Å². The summed E-state index contributed by atoms with van der Waals surface area (Å²) in [6.45, 7) is 3.62. The topological polar surface area (TPSA) is 49.3 Å². The minimum atomic E-state index is -4.43. The third-order valence-electron chi connectivity index (χ3n) is 3.78. The summed E-state index contributed by atoms with van der Waals surface area (Å²) in [4.78, 5) is 12.4. The lowest BCUT2D eigenvalue weighted by Gasteiger charge is -2.14. The summed E-state index contributed by atoms with van der Waals surface area (Å²) in [5.41, 5.74) is 0.895. The summed E-state index contributed by atoms with van der Waals surface area (Å²) >= 11 is 0. The number of amides is 1. The number of nitrogens with one attached hydrogen (secondary N) is 1. The van der Waals surface area contributed by atoms with Crippen molar-refractivity contribution in [1.29, 1.82) is 0 Å². The van der Waals surface area contributed by atoms with Crippen molar-refractivity contribution >= 4 is 11.6 Å². The molecule has 0 aromatic heterocycles. The Morgan fingerprint density at radius 1 is 1.08 bits per heavy atom. The Bertz CT molecular complexity index is 754. The molecule has 0 heterocycles. The van der Waals surface area contributed by atoms with Crippen LogP contribution in [0.4, 0.5) is 18.9 Å². The first-order chi connectivity index (χ1) is 11.3. The number of phenolic OH excluding ortho intramolecular Hbond substituents is 1. The highest BCUT2D eigenvalue weighted by atomic mass is 19.4. The van der Waals surface area contributed by atoms with Crippen LogP contribution in [0.1, 0.15) is 40.9 Å². The maximum absolute atomic E-state index is 12.8. The van der Waals surface area contributed by atoms with Gasteiger partial charge in [0, 0.05) is 5.69 Å². The highest BCUT2D eigenvalue weighted by Crippen LogP contribution is 2.32. The standard InChI is InChI=1S/C18H18F3NO2/c1-3-11-5-8-16(23)14(9-11)17(24)22-15-7-6-13(18(19,20)21)10-12(15)4-2/h5-10,23H,3-4H2,1-2H3,(H,22,24). The van der Waals surface area contributed by atoms with Gasteiger partial charge in [0.05, 0.1) is 11.1 Å². The summed E-state index contributed by atoms with van der Waals surface area (Å²) in [6.07, 6.45) is -3.40.